The third-order valence-electron chi connectivity index (χ3n) is 3.72. The first-order valence-corrected chi connectivity index (χ1v) is 6.49. The first-order valence-electron chi connectivity index (χ1n) is 6.49. The molecule has 0 aromatic carbocycles. The minimum atomic E-state index is 0.795. The van der Waals surface area contributed by atoms with Gasteiger partial charge in [0.25, 0.3) is 0 Å². The van der Waals surface area contributed by atoms with Crippen molar-refractivity contribution in [3.05, 3.63) is 6.20 Å². The molecule has 0 bridgehead atoms. The predicted octanol–water partition coefficient (Wildman–Crippen LogP) is 0.534. The van der Waals surface area contributed by atoms with Crippen LogP contribution in [0.5, 0.6) is 0 Å². The highest BCUT2D eigenvalue weighted by Gasteiger charge is 2.27. The van der Waals surface area contributed by atoms with E-state index in [0.717, 1.165) is 43.6 Å². The van der Waals surface area contributed by atoms with E-state index in [2.05, 4.69) is 14.9 Å². The lowest BCUT2D eigenvalue weighted by atomic mass is 10.2. The van der Waals surface area contributed by atoms with Crippen LogP contribution in [0, 0.1) is 5.92 Å². The second kappa shape index (κ2) is 4.22. The Kier molecular flexibility index (Phi) is 2.70. The summed E-state index contributed by atoms with van der Waals surface area (Å²) in [7, 11) is 1.92. The number of piperazine rings is 1. The minimum Gasteiger partial charge on any atom is -0.394 e. The number of aryl methyl sites for hydroxylation is 1. The van der Waals surface area contributed by atoms with Gasteiger partial charge in [-0.3, -0.25) is 9.58 Å². The topological polar surface area (TPSA) is 50.3 Å². The van der Waals surface area contributed by atoms with Crippen LogP contribution in [0.25, 0.3) is 0 Å². The van der Waals surface area contributed by atoms with E-state index in [1.807, 2.05) is 13.2 Å². The zero-order chi connectivity index (χ0) is 11.8. The quantitative estimate of drug-likeness (QED) is 0.830. The molecule has 1 saturated carbocycles. The average Bonchev–Trinajstić information content (AvgIpc) is 3.05. The summed E-state index contributed by atoms with van der Waals surface area (Å²) in [6.45, 7) is 5.69. The second-order valence-electron chi connectivity index (χ2n) is 5.31. The van der Waals surface area contributed by atoms with Gasteiger partial charge in [-0.2, -0.15) is 5.10 Å². The van der Waals surface area contributed by atoms with Crippen LogP contribution >= 0.6 is 0 Å². The Labute approximate surface area is 102 Å². The maximum atomic E-state index is 5.96. The second-order valence-corrected chi connectivity index (χ2v) is 5.31. The van der Waals surface area contributed by atoms with Crippen molar-refractivity contribution < 1.29 is 0 Å². The summed E-state index contributed by atoms with van der Waals surface area (Å²) >= 11 is 0. The molecular formula is C12H21N5. The average molecular weight is 235 g/mol. The van der Waals surface area contributed by atoms with Gasteiger partial charge in [-0.05, 0) is 18.8 Å². The molecule has 2 aliphatic rings. The Balaban J connectivity index is 1.58. The van der Waals surface area contributed by atoms with E-state index >= 15 is 0 Å². The van der Waals surface area contributed by atoms with Gasteiger partial charge >= 0.3 is 0 Å². The SMILES string of the molecule is Cn1cc(N)c(N2CCN(CC3CC3)CC2)n1. The number of hydrogen-bond acceptors (Lipinski definition) is 4. The van der Waals surface area contributed by atoms with Crippen LogP contribution in [0.2, 0.25) is 0 Å². The van der Waals surface area contributed by atoms with Crippen LogP contribution in [-0.4, -0.2) is 47.4 Å². The molecule has 0 radical (unpaired) electrons. The van der Waals surface area contributed by atoms with Crippen LogP contribution in [0.1, 0.15) is 12.8 Å². The van der Waals surface area contributed by atoms with E-state index in [-0.39, 0.29) is 0 Å². The van der Waals surface area contributed by atoms with E-state index < -0.39 is 0 Å². The molecule has 5 nitrogen and oxygen atoms in total. The molecule has 1 aromatic heterocycles. The molecule has 1 aliphatic heterocycles. The van der Waals surface area contributed by atoms with Crippen LogP contribution < -0.4 is 10.6 Å². The third kappa shape index (κ3) is 2.39. The number of rotatable bonds is 3. The fourth-order valence-corrected chi connectivity index (χ4v) is 2.55. The standard InChI is InChI=1S/C12H21N5/c1-15-9-11(13)12(14-15)17-6-4-16(5-7-17)8-10-2-3-10/h9-10H,2-8,13H2,1H3. The van der Waals surface area contributed by atoms with Crippen LogP contribution in [0.3, 0.4) is 0 Å². The number of nitrogens with zero attached hydrogens (tertiary/aromatic N) is 4. The van der Waals surface area contributed by atoms with E-state index in [9.17, 15) is 0 Å². The van der Waals surface area contributed by atoms with Crippen molar-refractivity contribution in [2.75, 3.05) is 43.4 Å². The summed E-state index contributed by atoms with van der Waals surface area (Å²) in [6.07, 6.45) is 4.76. The summed E-state index contributed by atoms with van der Waals surface area (Å²) in [5, 5.41) is 4.43. The maximum Gasteiger partial charge on any atom is 0.173 e. The summed E-state index contributed by atoms with van der Waals surface area (Å²) in [6, 6.07) is 0. The van der Waals surface area contributed by atoms with Crippen molar-refractivity contribution in [3.8, 4) is 0 Å². The molecule has 17 heavy (non-hydrogen) atoms. The van der Waals surface area contributed by atoms with E-state index in [4.69, 9.17) is 5.73 Å². The molecule has 0 amide bonds. The molecule has 0 spiro atoms. The zero-order valence-electron chi connectivity index (χ0n) is 10.5. The van der Waals surface area contributed by atoms with Gasteiger partial charge < -0.3 is 10.6 Å². The smallest absolute Gasteiger partial charge is 0.173 e. The van der Waals surface area contributed by atoms with Crippen molar-refractivity contribution in [2.45, 2.75) is 12.8 Å². The molecular weight excluding hydrogens is 214 g/mol. The summed E-state index contributed by atoms with van der Waals surface area (Å²) in [5.41, 5.74) is 6.75. The lowest BCUT2D eigenvalue weighted by molar-refractivity contribution is 0.247. The monoisotopic (exact) mass is 235 g/mol. The first kappa shape index (κ1) is 10.9. The van der Waals surface area contributed by atoms with Crippen LogP contribution in [-0.2, 0) is 7.05 Å². The van der Waals surface area contributed by atoms with Crippen molar-refractivity contribution in [3.63, 3.8) is 0 Å². The van der Waals surface area contributed by atoms with Crippen LogP contribution in [0.4, 0.5) is 11.5 Å². The van der Waals surface area contributed by atoms with Crippen molar-refractivity contribution in [2.24, 2.45) is 13.0 Å². The number of anilines is 2. The molecule has 3 rings (SSSR count). The predicted molar refractivity (Wildman–Crippen MR) is 69.0 cm³/mol. The number of aromatic nitrogens is 2. The molecule has 2 heterocycles. The highest BCUT2D eigenvalue weighted by Crippen LogP contribution is 2.30. The largest absolute Gasteiger partial charge is 0.394 e. The fraction of sp³-hybridized carbons (Fsp3) is 0.750. The highest BCUT2D eigenvalue weighted by molar-refractivity contribution is 5.61. The van der Waals surface area contributed by atoms with Gasteiger partial charge in [-0.15, -0.1) is 0 Å². The zero-order valence-corrected chi connectivity index (χ0v) is 10.5. The maximum absolute atomic E-state index is 5.96. The first-order chi connectivity index (χ1) is 8.22. The van der Waals surface area contributed by atoms with Gasteiger partial charge in [-0.25, -0.2) is 0 Å². The van der Waals surface area contributed by atoms with Crippen molar-refractivity contribution in [1.82, 2.24) is 14.7 Å². The summed E-state index contributed by atoms with van der Waals surface area (Å²) < 4.78 is 1.79. The minimum absolute atomic E-state index is 0.795. The number of nitrogens with two attached hydrogens (primary N) is 1. The van der Waals surface area contributed by atoms with Crippen LogP contribution in [0.15, 0.2) is 6.20 Å². The van der Waals surface area contributed by atoms with Gasteiger partial charge in [0.2, 0.25) is 0 Å². The molecule has 94 valence electrons. The Morgan fingerprint density at radius 2 is 2.00 bits per heavy atom. The Hall–Kier alpha value is -1.23. The highest BCUT2D eigenvalue weighted by atomic mass is 15.4. The van der Waals surface area contributed by atoms with E-state index in [0.29, 0.717) is 0 Å². The van der Waals surface area contributed by atoms with Gasteiger partial charge in [0.15, 0.2) is 5.82 Å². The summed E-state index contributed by atoms with van der Waals surface area (Å²) in [5.74, 6) is 1.94. The molecule has 1 saturated heterocycles. The number of nitrogen functional groups attached to an aromatic ring is 1. The molecule has 5 heteroatoms. The number of hydrogen-bond donors (Lipinski definition) is 1. The lowest BCUT2D eigenvalue weighted by Crippen LogP contribution is -2.47. The van der Waals surface area contributed by atoms with Gasteiger partial charge in [0, 0.05) is 46.0 Å². The molecule has 1 aromatic rings. The van der Waals surface area contributed by atoms with E-state index in [1.54, 1.807) is 4.68 Å². The lowest BCUT2D eigenvalue weighted by Gasteiger charge is -2.35. The summed E-state index contributed by atoms with van der Waals surface area (Å²) in [4.78, 5) is 4.88. The van der Waals surface area contributed by atoms with E-state index in [1.165, 1.54) is 19.4 Å². The van der Waals surface area contributed by atoms with Gasteiger partial charge in [0.1, 0.15) is 0 Å². The Morgan fingerprint density at radius 1 is 1.29 bits per heavy atom. The van der Waals surface area contributed by atoms with Gasteiger partial charge in [0.05, 0.1) is 5.69 Å². The molecule has 1 aliphatic carbocycles. The normalized spacial score (nSPS) is 22.1. The Bertz CT molecular complexity index is 388. The molecule has 0 atom stereocenters. The Morgan fingerprint density at radius 3 is 2.53 bits per heavy atom. The fourth-order valence-electron chi connectivity index (χ4n) is 2.55. The van der Waals surface area contributed by atoms with Gasteiger partial charge in [-0.1, -0.05) is 0 Å². The molecule has 2 N–H and O–H groups in total. The third-order valence-corrected chi connectivity index (χ3v) is 3.72. The molecule has 0 unspecified atom stereocenters. The molecule has 2 fully saturated rings. The van der Waals surface area contributed by atoms with Crippen molar-refractivity contribution >= 4 is 11.5 Å². The van der Waals surface area contributed by atoms with Crippen molar-refractivity contribution in [1.29, 1.82) is 0 Å².